The zero-order valence-electron chi connectivity index (χ0n) is 11.7. The van der Waals surface area contributed by atoms with Gasteiger partial charge < -0.3 is 9.47 Å². The Kier molecular flexibility index (Phi) is 6.29. The normalized spacial score (nSPS) is 24.4. The van der Waals surface area contributed by atoms with E-state index in [0.717, 1.165) is 6.61 Å². The van der Waals surface area contributed by atoms with Gasteiger partial charge in [-0.25, -0.2) is 18.7 Å². The van der Waals surface area contributed by atoms with Crippen molar-refractivity contribution in [2.24, 2.45) is 0 Å². The molecule has 1 saturated heterocycles. The smallest absolute Gasteiger partial charge is 0.452 e. The lowest BCUT2D eigenvalue weighted by molar-refractivity contribution is -0.157. The molecule has 1 aliphatic rings. The van der Waals surface area contributed by atoms with Gasteiger partial charge in [-0.2, -0.15) is 0 Å². The molecule has 1 fully saturated rings. The van der Waals surface area contributed by atoms with Crippen LogP contribution < -0.4 is 0 Å². The van der Waals surface area contributed by atoms with E-state index in [1.165, 1.54) is 13.8 Å². The van der Waals surface area contributed by atoms with Gasteiger partial charge in [-0.3, -0.25) is 9.05 Å². The molecule has 0 amide bonds. The SMILES string of the molecule is C=C(C)C(=O)O[CH]COP1(=O)OCC(OC(=O)C(=C)C)O1. The van der Waals surface area contributed by atoms with Crippen LogP contribution in [-0.4, -0.2) is 31.4 Å². The minimum atomic E-state index is -3.85. The van der Waals surface area contributed by atoms with Gasteiger partial charge in [0.15, 0.2) is 6.61 Å². The van der Waals surface area contributed by atoms with E-state index in [-0.39, 0.29) is 24.4 Å². The number of carbonyl (C=O) groups excluding carboxylic acids is 2. The summed E-state index contributed by atoms with van der Waals surface area (Å²) in [7, 11) is -3.85. The number of carbonyl (C=O) groups is 2. The monoisotopic (exact) mass is 319 g/mol. The van der Waals surface area contributed by atoms with Crippen LogP contribution in [0, 0.1) is 6.61 Å². The highest BCUT2D eigenvalue weighted by Crippen LogP contribution is 2.55. The number of esters is 2. The van der Waals surface area contributed by atoms with Crippen LogP contribution in [0.15, 0.2) is 24.3 Å². The number of phosphoric acid groups is 1. The first kappa shape index (κ1) is 17.6. The van der Waals surface area contributed by atoms with Crippen LogP contribution in [0.2, 0.25) is 0 Å². The van der Waals surface area contributed by atoms with Gasteiger partial charge in [-0.05, 0) is 13.8 Å². The van der Waals surface area contributed by atoms with Gasteiger partial charge in [-0.15, -0.1) is 0 Å². The van der Waals surface area contributed by atoms with Gasteiger partial charge in [0, 0.05) is 11.1 Å². The van der Waals surface area contributed by atoms with E-state index < -0.39 is 26.1 Å². The predicted octanol–water partition coefficient (Wildman–Crippen LogP) is 1.88. The maximum Gasteiger partial charge on any atom is 0.478 e. The summed E-state index contributed by atoms with van der Waals surface area (Å²) in [6.45, 7) is 10.1. The fraction of sp³-hybridized carbons (Fsp3) is 0.417. The number of phosphoric ester groups is 1. The fourth-order valence-corrected chi connectivity index (χ4v) is 2.17. The molecule has 2 unspecified atom stereocenters. The summed E-state index contributed by atoms with van der Waals surface area (Å²) in [5, 5.41) is 0. The maximum atomic E-state index is 11.9. The molecule has 0 saturated carbocycles. The second-order valence-corrected chi connectivity index (χ2v) is 5.73. The maximum absolute atomic E-state index is 11.9. The molecule has 8 nitrogen and oxygen atoms in total. The van der Waals surface area contributed by atoms with E-state index >= 15 is 0 Å². The number of hydrogen-bond donors (Lipinski definition) is 0. The fourth-order valence-electron chi connectivity index (χ4n) is 1.03. The summed E-state index contributed by atoms with van der Waals surface area (Å²) in [5.74, 6) is -1.34. The Morgan fingerprint density at radius 2 is 1.90 bits per heavy atom. The Bertz CT molecular complexity index is 497. The van der Waals surface area contributed by atoms with Crippen LogP contribution in [0.3, 0.4) is 0 Å². The molecule has 9 heteroatoms. The highest BCUT2D eigenvalue weighted by molar-refractivity contribution is 7.48. The minimum Gasteiger partial charge on any atom is -0.452 e. The molecule has 1 aliphatic heterocycles. The van der Waals surface area contributed by atoms with Gasteiger partial charge >= 0.3 is 19.8 Å². The van der Waals surface area contributed by atoms with Crippen molar-refractivity contribution in [3.05, 3.63) is 30.9 Å². The molecule has 1 radical (unpaired) electrons. The lowest BCUT2D eigenvalue weighted by Gasteiger charge is -2.11. The minimum absolute atomic E-state index is 0.168. The predicted molar refractivity (Wildman–Crippen MR) is 70.5 cm³/mol. The molecule has 0 aromatic rings. The Morgan fingerprint density at radius 1 is 1.29 bits per heavy atom. The summed E-state index contributed by atoms with van der Waals surface area (Å²) < 4.78 is 35.8. The summed E-state index contributed by atoms with van der Waals surface area (Å²) in [6, 6.07) is 0. The van der Waals surface area contributed by atoms with Crippen molar-refractivity contribution in [2.75, 3.05) is 13.2 Å². The number of ether oxygens (including phenoxy) is 2. The van der Waals surface area contributed by atoms with E-state index in [4.69, 9.17) is 18.3 Å². The lowest BCUT2D eigenvalue weighted by Crippen LogP contribution is -2.19. The lowest BCUT2D eigenvalue weighted by atomic mass is 10.4. The Morgan fingerprint density at radius 3 is 2.48 bits per heavy atom. The first-order valence-corrected chi connectivity index (χ1v) is 7.32. The molecule has 0 spiro atoms. The molecule has 1 rings (SSSR count). The van der Waals surface area contributed by atoms with E-state index in [0.29, 0.717) is 0 Å². The Hall–Kier alpha value is -1.47. The highest BCUT2D eigenvalue weighted by Gasteiger charge is 2.41. The summed E-state index contributed by atoms with van der Waals surface area (Å²) >= 11 is 0. The van der Waals surface area contributed by atoms with Crippen molar-refractivity contribution in [1.82, 2.24) is 0 Å². The molecule has 0 N–H and O–H groups in total. The molecular weight excluding hydrogens is 303 g/mol. The highest BCUT2D eigenvalue weighted by atomic mass is 31.2. The molecular formula is C12H16O8P. The van der Waals surface area contributed by atoms with Crippen LogP contribution >= 0.6 is 7.82 Å². The summed E-state index contributed by atoms with van der Waals surface area (Å²) in [6.07, 6.45) is -1.14. The largest absolute Gasteiger partial charge is 0.478 e. The Labute approximate surface area is 122 Å². The molecule has 2 atom stereocenters. The molecule has 117 valence electrons. The number of hydrogen-bond acceptors (Lipinski definition) is 8. The van der Waals surface area contributed by atoms with Crippen molar-refractivity contribution in [2.45, 2.75) is 20.1 Å². The molecule has 0 bridgehead atoms. The van der Waals surface area contributed by atoms with Gasteiger partial charge in [0.1, 0.15) is 6.61 Å². The molecule has 0 aromatic carbocycles. The van der Waals surface area contributed by atoms with Gasteiger partial charge in [0.05, 0.1) is 6.61 Å². The van der Waals surface area contributed by atoms with Crippen molar-refractivity contribution in [3.8, 4) is 0 Å². The van der Waals surface area contributed by atoms with Crippen LogP contribution in [0.25, 0.3) is 0 Å². The third-order valence-electron chi connectivity index (χ3n) is 2.04. The molecule has 1 heterocycles. The zero-order chi connectivity index (χ0) is 16.0. The molecule has 0 aliphatic carbocycles. The first-order chi connectivity index (χ1) is 9.73. The van der Waals surface area contributed by atoms with Gasteiger partial charge in [0.25, 0.3) is 0 Å². The van der Waals surface area contributed by atoms with Crippen molar-refractivity contribution in [1.29, 1.82) is 0 Å². The zero-order valence-corrected chi connectivity index (χ0v) is 12.6. The standard InChI is InChI=1S/C12H16O8P/c1-8(2)11(13)16-5-6-17-21(15)18-7-10(20-21)19-12(14)9(3)4/h5,10H,1,3,6-7H2,2,4H3. The van der Waals surface area contributed by atoms with E-state index in [1.54, 1.807) is 0 Å². The first-order valence-electron chi connectivity index (χ1n) is 5.85. The van der Waals surface area contributed by atoms with Crippen LogP contribution in [0.1, 0.15) is 13.8 Å². The second-order valence-electron chi connectivity index (χ2n) is 4.11. The quantitative estimate of drug-likeness (QED) is 0.304. The Balaban J connectivity index is 2.32. The second kappa shape index (κ2) is 7.51. The third-order valence-corrected chi connectivity index (χ3v) is 3.47. The average molecular weight is 319 g/mol. The van der Waals surface area contributed by atoms with Gasteiger partial charge in [0.2, 0.25) is 6.29 Å². The van der Waals surface area contributed by atoms with E-state index in [2.05, 4.69) is 17.9 Å². The number of rotatable bonds is 7. The molecule has 0 aromatic heterocycles. The van der Waals surface area contributed by atoms with Crippen LogP contribution in [0.5, 0.6) is 0 Å². The van der Waals surface area contributed by atoms with Crippen LogP contribution in [-0.2, 0) is 37.2 Å². The van der Waals surface area contributed by atoms with E-state index in [9.17, 15) is 14.2 Å². The van der Waals surface area contributed by atoms with Crippen molar-refractivity contribution >= 4 is 19.8 Å². The molecule has 21 heavy (non-hydrogen) atoms. The topological polar surface area (TPSA) is 97.4 Å². The summed E-state index contributed by atoms with van der Waals surface area (Å²) in [5.41, 5.74) is 0.374. The third kappa shape index (κ3) is 5.81. The van der Waals surface area contributed by atoms with Crippen molar-refractivity contribution in [3.63, 3.8) is 0 Å². The van der Waals surface area contributed by atoms with Crippen LogP contribution in [0.4, 0.5) is 0 Å². The van der Waals surface area contributed by atoms with E-state index in [1.807, 2.05) is 0 Å². The average Bonchev–Trinajstić information content (AvgIpc) is 2.76. The summed E-state index contributed by atoms with van der Waals surface area (Å²) in [4.78, 5) is 22.3. The van der Waals surface area contributed by atoms with Crippen molar-refractivity contribution < 1.29 is 37.2 Å². The van der Waals surface area contributed by atoms with Gasteiger partial charge in [-0.1, -0.05) is 13.2 Å².